The highest BCUT2D eigenvalue weighted by atomic mass is 16.5. The molecule has 0 aromatic heterocycles. The third-order valence-corrected chi connectivity index (χ3v) is 2.79. The summed E-state index contributed by atoms with van der Waals surface area (Å²) >= 11 is 0. The molecule has 1 rings (SSSR count). The van der Waals surface area contributed by atoms with Crippen molar-refractivity contribution in [3.8, 4) is 5.75 Å². The fraction of sp³-hybridized carbons (Fsp3) is 0.600. The second-order valence-corrected chi connectivity index (χ2v) is 4.58. The Balaban J connectivity index is 2.28. The maximum atomic E-state index is 5.43. The van der Waals surface area contributed by atoms with Gasteiger partial charge in [0.1, 0.15) is 5.75 Å². The van der Waals surface area contributed by atoms with E-state index in [9.17, 15) is 0 Å². The summed E-state index contributed by atoms with van der Waals surface area (Å²) in [5.74, 6) is 1.58. The number of hydrogen-bond donors (Lipinski definition) is 1. The smallest absolute Gasteiger partial charge is 0.119 e. The molecule has 0 aliphatic carbocycles. The summed E-state index contributed by atoms with van der Waals surface area (Å²) in [6.45, 7) is 7.70. The first-order valence-corrected chi connectivity index (χ1v) is 6.67. The Morgan fingerprint density at radius 1 is 1.22 bits per heavy atom. The first kappa shape index (κ1) is 15.0. The van der Waals surface area contributed by atoms with Gasteiger partial charge >= 0.3 is 0 Å². The SMILES string of the molecule is CCOc1ccc(CC(C)CNCCOC)cc1. The molecule has 18 heavy (non-hydrogen) atoms. The molecule has 0 radical (unpaired) electrons. The van der Waals surface area contributed by atoms with Crippen molar-refractivity contribution in [1.29, 1.82) is 0 Å². The zero-order valence-corrected chi connectivity index (χ0v) is 11.7. The molecule has 0 heterocycles. The number of nitrogens with one attached hydrogen (secondary N) is 1. The van der Waals surface area contributed by atoms with Gasteiger partial charge in [-0.2, -0.15) is 0 Å². The van der Waals surface area contributed by atoms with Gasteiger partial charge in [-0.3, -0.25) is 0 Å². The molecule has 1 aromatic carbocycles. The average molecular weight is 251 g/mol. The van der Waals surface area contributed by atoms with E-state index in [1.165, 1.54) is 5.56 Å². The molecule has 1 N–H and O–H groups in total. The van der Waals surface area contributed by atoms with Crippen LogP contribution < -0.4 is 10.1 Å². The molecule has 1 unspecified atom stereocenters. The minimum atomic E-state index is 0.625. The van der Waals surface area contributed by atoms with Crippen LogP contribution in [0.1, 0.15) is 19.4 Å². The van der Waals surface area contributed by atoms with E-state index in [2.05, 4.69) is 24.4 Å². The zero-order valence-electron chi connectivity index (χ0n) is 11.7. The Morgan fingerprint density at radius 3 is 2.56 bits per heavy atom. The van der Waals surface area contributed by atoms with Crippen molar-refractivity contribution in [3.63, 3.8) is 0 Å². The van der Waals surface area contributed by atoms with Crippen LogP contribution in [0, 0.1) is 5.92 Å². The molecular weight excluding hydrogens is 226 g/mol. The van der Waals surface area contributed by atoms with Crippen LogP contribution in [-0.4, -0.2) is 33.4 Å². The fourth-order valence-electron chi connectivity index (χ4n) is 1.89. The molecule has 0 aliphatic rings. The van der Waals surface area contributed by atoms with E-state index in [0.717, 1.165) is 38.5 Å². The summed E-state index contributed by atoms with van der Waals surface area (Å²) in [6, 6.07) is 8.39. The van der Waals surface area contributed by atoms with E-state index >= 15 is 0 Å². The molecule has 1 aromatic rings. The van der Waals surface area contributed by atoms with Gasteiger partial charge in [0.2, 0.25) is 0 Å². The van der Waals surface area contributed by atoms with Gasteiger partial charge in [-0.1, -0.05) is 19.1 Å². The van der Waals surface area contributed by atoms with Crippen molar-refractivity contribution in [1.82, 2.24) is 5.32 Å². The van der Waals surface area contributed by atoms with E-state index in [-0.39, 0.29) is 0 Å². The lowest BCUT2D eigenvalue weighted by Gasteiger charge is -2.13. The second kappa shape index (κ2) is 8.95. The van der Waals surface area contributed by atoms with Gasteiger partial charge in [-0.15, -0.1) is 0 Å². The Labute approximate surface area is 110 Å². The Hall–Kier alpha value is -1.06. The molecule has 0 spiro atoms. The summed E-state index contributed by atoms with van der Waals surface area (Å²) in [4.78, 5) is 0. The molecule has 3 nitrogen and oxygen atoms in total. The predicted molar refractivity (Wildman–Crippen MR) is 75.2 cm³/mol. The van der Waals surface area contributed by atoms with Gasteiger partial charge in [-0.25, -0.2) is 0 Å². The Morgan fingerprint density at radius 2 is 1.94 bits per heavy atom. The minimum Gasteiger partial charge on any atom is -0.494 e. The maximum absolute atomic E-state index is 5.43. The quantitative estimate of drug-likeness (QED) is 0.684. The lowest BCUT2D eigenvalue weighted by molar-refractivity contribution is 0.198. The van der Waals surface area contributed by atoms with Crippen molar-refractivity contribution >= 4 is 0 Å². The van der Waals surface area contributed by atoms with Crippen LogP contribution >= 0.6 is 0 Å². The number of benzene rings is 1. The highest BCUT2D eigenvalue weighted by Crippen LogP contribution is 2.14. The summed E-state index contributed by atoms with van der Waals surface area (Å²) in [7, 11) is 1.73. The summed E-state index contributed by atoms with van der Waals surface area (Å²) < 4.78 is 10.4. The van der Waals surface area contributed by atoms with Gasteiger partial charge in [0, 0.05) is 13.7 Å². The molecule has 3 heteroatoms. The molecule has 0 saturated heterocycles. The van der Waals surface area contributed by atoms with Gasteiger partial charge in [-0.05, 0) is 43.5 Å². The van der Waals surface area contributed by atoms with Gasteiger partial charge in [0.15, 0.2) is 0 Å². The van der Waals surface area contributed by atoms with Crippen molar-refractivity contribution in [2.75, 3.05) is 33.4 Å². The van der Waals surface area contributed by atoms with E-state index in [0.29, 0.717) is 5.92 Å². The first-order valence-electron chi connectivity index (χ1n) is 6.67. The van der Waals surface area contributed by atoms with E-state index < -0.39 is 0 Å². The minimum absolute atomic E-state index is 0.625. The normalized spacial score (nSPS) is 12.4. The van der Waals surface area contributed by atoms with Crippen LogP contribution in [-0.2, 0) is 11.2 Å². The summed E-state index contributed by atoms with van der Waals surface area (Å²) in [5, 5.41) is 3.39. The molecule has 0 fully saturated rings. The topological polar surface area (TPSA) is 30.5 Å². The molecule has 0 saturated carbocycles. The summed E-state index contributed by atoms with van der Waals surface area (Å²) in [5.41, 5.74) is 1.36. The monoisotopic (exact) mass is 251 g/mol. The lowest BCUT2D eigenvalue weighted by Crippen LogP contribution is -2.25. The number of rotatable bonds is 9. The number of methoxy groups -OCH3 is 1. The van der Waals surface area contributed by atoms with Crippen molar-refractivity contribution in [3.05, 3.63) is 29.8 Å². The second-order valence-electron chi connectivity index (χ2n) is 4.58. The maximum Gasteiger partial charge on any atom is 0.119 e. The predicted octanol–water partition coefficient (Wildman–Crippen LogP) is 2.50. The third kappa shape index (κ3) is 6.03. The van der Waals surface area contributed by atoms with Gasteiger partial charge in [0.05, 0.1) is 13.2 Å². The average Bonchev–Trinajstić information content (AvgIpc) is 2.37. The largest absolute Gasteiger partial charge is 0.494 e. The van der Waals surface area contributed by atoms with Crippen molar-refractivity contribution < 1.29 is 9.47 Å². The van der Waals surface area contributed by atoms with Crippen LogP contribution in [0.15, 0.2) is 24.3 Å². The highest BCUT2D eigenvalue weighted by molar-refractivity contribution is 5.27. The van der Waals surface area contributed by atoms with Crippen molar-refractivity contribution in [2.45, 2.75) is 20.3 Å². The molecule has 0 bridgehead atoms. The highest BCUT2D eigenvalue weighted by Gasteiger charge is 2.03. The molecule has 102 valence electrons. The van der Waals surface area contributed by atoms with E-state index in [1.807, 2.05) is 19.1 Å². The molecular formula is C15H25NO2. The lowest BCUT2D eigenvalue weighted by atomic mass is 10.0. The van der Waals surface area contributed by atoms with Crippen LogP contribution in [0.5, 0.6) is 5.75 Å². The summed E-state index contributed by atoms with van der Waals surface area (Å²) in [6.07, 6.45) is 1.09. The van der Waals surface area contributed by atoms with Gasteiger partial charge < -0.3 is 14.8 Å². The molecule has 0 amide bonds. The zero-order chi connectivity index (χ0) is 13.2. The van der Waals surface area contributed by atoms with E-state index in [1.54, 1.807) is 7.11 Å². The van der Waals surface area contributed by atoms with Crippen molar-refractivity contribution in [2.24, 2.45) is 5.92 Å². The fourth-order valence-corrected chi connectivity index (χ4v) is 1.89. The number of hydrogen-bond acceptors (Lipinski definition) is 3. The Bertz CT molecular complexity index is 311. The Kier molecular flexibility index (Phi) is 7.46. The van der Waals surface area contributed by atoms with Crippen LogP contribution in [0.3, 0.4) is 0 Å². The van der Waals surface area contributed by atoms with Crippen LogP contribution in [0.4, 0.5) is 0 Å². The first-order chi connectivity index (χ1) is 8.76. The number of ether oxygens (including phenoxy) is 2. The third-order valence-electron chi connectivity index (χ3n) is 2.79. The van der Waals surface area contributed by atoms with Crippen LogP contribution in [0.2, 0.25) is 0 Å². The molecule has 0 aliphatic heterocycles. The standard InChI is InChI=1S/C15H25NO2/c1-4-18-15-7-5-14(6-8-15)11-13(2)12-16-9-10-17-3/h5-8,13,16H,4,9-12H2,1-3H3. The van der Waals surface area contributed by atoms with Gasteiger partial charge in [0.25, 0.3) is 0 Å². The molecule has 1 atom stereocenters. The van der Waals surface area contributed by atoms with E-state index in [4.69, 9.17) is 9.47 Å². The van der Waals surface area contributed by atoms with Crippen LogP contribution in [0.25, 0.3) is 0 Å².